The molecule has 115 valence electrons. The average Bonchev–Trinajstić information content (AvgIpc) is 2.47. The van der Waals surface area contributed by atoms with E-state index >= 15 is 0 Å². The van der Waals surface area contributed by atoms with Gasteiger partial charge in [-0.2, -0.15) is 0 Å². The van der Waals surface area contributed by atoms with Crippen LogP contribution in [0.3, 0.4) is 0 Å². The van der Waals surface area contributed by atoms with Crippen LogP contribution < -0.4 is 0 Å². The Hall–Kier alpha value is -0.980. The maximum atomic E-state index is 9.07. The molecule has 1 nitrogen and oxygen atoms in total. The van der Waals surface area contributed by atoms with Crippen molar-refractivity contribution in [3.05, 3.63) is 36.2 Å². The zero-order chi connectivity index (χ0) is 15.1. The molecule has 0 aromatic heterocycles. The zero-order valence-corrected chi connectivity index (χ0v) is 13.7. The zero-order valence-electron chi connectivity index (χ0n) is 13.7. The third-order valence-electron chi connectivity index (χ3n) is 3.24. The molecule has 0 spiro atoms. The summed E-state index contributed by atoms with van der Waals surface area (Å²) in [5.74, 6) is 0.359. The van der Waals surface area contributed by atoms with E-state index in [0.29, 0.717) is 5.75 Å². The molecule has 0 amide bonds. The van der Waals surface area contributed by atoms with Gasteiger partial charge in [0, 0.05) is 0 Å². The van der Waals surface area contributed by atoms with E-state index in [0.717, 1.165) is 6.42 Å². The van der Waals surface area contributed by atoms with Gasteiger partial charge in [-0.15, -0.1) is 0 Å². The van der Waals surface area contributed by atoms with Crippen molar-refractivity contribution in [1.82, 2.24) is 0 Å². The molecule has 0 aliphatic heterocycles. The molecule has 1 radical (unpaired) electrons. The van der Waals surface area contributed by atoms with Crippen molar-refractivity contribution < 1.29 is 5.11 Å². The van der Waals surface area contributed by atoms with Crippen LogP contribution in [0.25, 0.3) is 0 Å². The van der Waals surface area contributed by atoms with Crippen LogP contribution in [0, 0.1) is 6.42 Å². The molecule has 1 heteroatoms. The number of aryl methyl sites for hydroxylation is 1. The van der Waals surface area contributed by atoms with Crippen LogP contribution in [0.5, 0.6) is 5.75 Å². The molecular formula is C19H33O. The first kappa shape index (κ1) is 19.0. The second kappa shape index (κ2) is 14.4. The summed E-state index contributed by atoms with van der Waals surface area (Å²) in [6, 6.07) is 7.52. The molecular weight excluding hydrogens is 244 g/mol. The molecule has 0 saturated carbocycles. The lowest BCUT2D eigenvalue weighted by Gasteiger charge is -2.00. The van der Waals surface area contributed by atoms with E-state index in [1.807, 2.05) is 12.1 Å². The van der Waals surface area contributed by atoms with Crippen LogP contribution in [0.1, 0.15) is 77.7 Å². The molecule has 0 atom stereocenters. The van der Waals surface area contributed by atoms with Crippen molar-refractivity contribution in [2.75, 3.05) is 0 Å². The fourth-order valence-electron chi connectivity index (χ4n) is 1.97. The average molecular weight is 277 g/mol. The highest BCUT2D eigenvalue weighted by molar-refractivity contribution is 5.25. The summed E-state index contributed by atoms with van der Waals surface area (Å²) in [6.07, 6.45) is 13.9. The summed E-state index contributed by atoms with van der Waals surface area (Å²) >= 11 is 0. The van der Waals surface area contributed by atoms with E-state index < -0.39 is 0 Å². The fraction of sp³-hybridized carbons (Fsp3) is 0.632. The summed E-state index contributed by atoms with van der Waals surface area (Å²) < 4.78 is 0. The fourth-order valence-corrected chi connectivity index (χ4v) is 1.97. The van der Waals surface area contributed by atoms with Gasteiger partial charge in [0.2, 0.25) is 0 Å². The minimum absolute atomic E-state index is 0.359. The second-order valence-electron chi connectivity index (χ2n) is 5.34. The van der Waals surface area contributed by atoms with Crippen molar-refractivity contribution in [1.29, 1.82) is 0 Å². The van der Waals surface area contributed by atoms with Crippen molar-refractivity contribution in [3.63, 3.8) is 0 Å². The summed E-state index contributed by atoms with van der Waals surface area (Å²) in [6.45, 7) is 6.65. The Morgan fingerprint density at radius 2 is 1.40 bits per heavy atom. The molecule has 1 rings (SSSR count). The molecule has 0 fully saturated rings. The van der Waals surface area contributed by atoms with Crippen molar-refractivity contribution in [2.24, 2.45) is 0 Å². The van der Waals surface area contributed by atoms with E-state index in [-0.39, 0.29) is 0 Å². The number of rotatable bonds is 9. The van der Waals surface area contributed by atoms with E-state index in [2.05, 4.69) is 27.2 Å². The first-order valence-corrected chi connectivity index (χ1v) is 8.34. The highest BCUT2D eigenvalue weighted by atomic mass is 16.3. The quantitative estimate of drug-likeness (QED) is 0.525. The molecule has 1 N–H and O–H groups in total. The SMILES string of the molecule is CCCCCCc1ccc(O)cc1.CCC[CH]CCC. The Bertz CT molecular complexity index is 285. The van der Waals surface area contributed by atoms with E-state index in [1.165, 1.54) is 56.9 Å². The number of aromatic hydroxyl groups is 1. The first-order valence-electron chi connectivity index (χ1n) is 8.34. The van der Waals surface area contributed by atoms with Crippen LogP contribution in [-0.2, 0) is 6.42 Å². The Balaban J connectivity index is 0.000000441. The van der Waals surface area contributed by atoms with Gasteiger partial charge >= 0.3 is 0 Å². The minimum atomic E-state index is 0.359. The predicted molar refractivity (Wildman–Crippen MR) is 90.1 cm³/mol. The third kappa shape index (κ3) is 12.1. The molecule has 20 heavy (non-hydrogen) atoms. The Morgan fingerprint density at radius 3 is 1.90 bits per heavy atom. The maximum Gasteiger partial charge on any atom is 0.115 e. The highest BCUT2D eigenvalue weighted by Gasteiger charge is 1.93. The standard InChI is InChI=1S/C12H18O.C7H15/c1-2-3-4-5-6-11-7-9-12(13)10-8-11;1-3-5-7-6-4-2/h7-10,13H,2-6H2,1H3;7H,3-6H2,1-2H3. The smallest absolute Gasteiger partial charge is 0.115 e. The van der Waals surface area contributed by atoms with E-state index in [9.17, 15) is 0 Å². The molecule has 0 bridgehead atoms. The van der Waals surface area contributed by atoms with E-state index in [1.54, 1.807) is 12.1 Å². The van der Waals surface area contributed by atoms with Gasteiger partial charge in [0.25, 0.3) is 0 Å². The monoisotopic (exact) mass is 277 g/mol. The Labute approximate surface area is 126 Å². The lowest BCUT2D eigenvalue weighted by atomic mass is 10.1. The molecule has 0 aliphatic carbocycles. The number of benzene rings is 1. The van der Waals surface area contributed by atoms with Crippen molar-refractivity contribution in [2.45, 2.75) is 78.6 Å². The number of hydrogen-bond acceptors (Lipinski definition) is 1. The lowest BCUT2D eigenvalue weighted by molar-refractivity contribution is 0.475. The van der Waals surface area contributed by atoms with Gasteiger partial charge in [-0.05, 0) is 37.0 Å². The minimum Gasteiger partial charge on any atom is -0.508 e. The topological polar surface area (TPSA) is 20.2 Å². The number of phenols is 1. The van der Waals surface area contributed by atoms with Crippen LogP contribution in [0.15, 0.2) is 24.3 Å². The lowest BCUT2D eigenvalue weighted by Crippen LogP contribution is -1.84. The summed E-state index contributed by atoms with van der Waals surface area (Å²) in [5, 5.41) is 9.07. The van der Waals surface area contributed by atoms with E-state index in [4.69, 9.17) is 5.11 Å². The first-order chi connectivity index (χ1) is 9.74. The second-order valence-corrected chi connectivity index (χ2v) is 5.34. The van der Waals surface area contributed by atoms with Gasteiger partial charge in [-0.3, -0.25) is 0 Å². The third-order valence-corrected chi connectivity index (χ3v) is 3.24. The molecule has 0 aliphatic rings. The van der Waals surface area contributed by atoms with Crippen LogP contribution in [-0.4, -0.2) is 5.11 Å². The van der Waals surface area contributed by atoms with Gasteiger partial charge in [-0.25, -0.2) is 0 Å². The van der Waals surface area contributed by atoms with Crippen LogP contribution in [0.4, 0.5) is 0 Å². The summed E-state index contributed by atoms with van der Waals surface area (Å²) in [5.41, 5.74) is 1.33. The van der Waals surface area contributed by atoms with Gasteiger partial charge in [0.05, 0.1) is 0 Å². The highest BCUT2D eigenvalue weighted by Crippen LogP contribution is 2.12. The molecule has 1 aromatic rings. The number of phenolic OH excluding ortho intramolecular Hbond substituents is 1. The molecule has 0 heterocycles. The summed E-state index contributed by atoms with van der Waals surface area (Å²) in [7, 11) is 0. The number of unbranched alkanes of at least 4 members (excludes halogenated alkanes) is 7. The Morgan fingerprint density at radius 1 is 0.800 bits per heavy atom. The van der Waals surface area contributed by atoms with Crippen molar-refractivity contribution in [3.8, 4) is 5.75 Å². The predicted octanol–water partition coefficient (Wildman–Crippen LogP) is 6.31. The van der Waals surface area contributed by atoms with Gasteiger partial charge in [0.15, 0.2) is 0 Å². The number of hydrogen-bond donors (Lipinski definition) is 1. The van der Waals surface area contributed by atoms with Crippen LogP contribution >= 0.6 is 0 Å². The largest absolute Gasteiger partial charge is 0.508 e. The van der Waals surface area contributed by atoms with Gasteiger partial charge in [0.1, 0.15) is 5.75 Å². The van der Waals surface area contributed by atoms with Crippen molar-refractivity contribution >= 4 is 0 Å². The van der Waals surface area contributed by atoms with Gasteiger partial charge in [-0.1, -0.05) is 77.8 Å². The molecule has 0 saturated heterocycles. The normalized spacial score (nSPS) is 9.95. The molecule has 1 aromatic carbocycles. The molecule has 0 unspecified atom stereocenters. The van der Waals surface area contributed by atoms with Gasteiger partial charge < -0.3 is 5.11 Å². The Kier molecular flexibility index (Phi) is 13.7. The van der Waals surface area contributed by atoms with Crippen LogP contribution in [0.2, 0.25) is 0 Å². The summed E-state index contributed by atoms with van der Waals surface area (Å²) in [4.78, 5) is 0. The maximum absolute atomic E-state index is 9.07.